The molecule has 128 valence electrons. The van der Waals surface area contributed by atoms with Crippen LogP contribution < -0.4 is 10.1 Å². The van der Waals surface area contributed by atoms with Gasteiger partial charge in [-0.2, -0.15) is 5.26 Å². The average Bonchev–Trinajstić information content (AvgIpc) is 2.55. The van der Waals surface area contributed by atoms with Crippen LogP contribution in [0.5, 0.6) is 5.75 Å². The average molecular weight is 335 g/mol. The first-order valence-corrected chi connectivity index (χ1v) is 7.71. The Morgan fingerprint density at radius 2 is 2.12 bits per heavy atom. The number of hydrogen-bond acceptors (Lipinski definition) is 5. The molecular weight excluding hydrogens is 317 g/mol. The summed E-state index contributed by atoms with van der Waals surface area (Å²) in [5.74, 6) is -1.58. The molecule has 8 heteroatoms. The van der Waals surface area contributed by atoms with Gasteiger partial charge >= 0.3 is 5.69 Å². The molecule has 1 aromatic carbocycles. The second kappa shape index (κ2) is 7.25. The van der Waals surface area contributed by atoms with Crippen LogP contribution in [0.15, 0.2) is 18.2 Å². The molecular formula is C16H18FN3O4. The lowest BCUT2D eigenvalue weighted by molar-refractivity contribution is -0.386. The van der Waals surface area contributed by atoms with Crippen LogP contribution in [0.1, 0.15) is 39.0 Å². The molecule has 1 aromatic rings. The molecule has 1 aliphatic rings. The molecule has 1 fully saturated rings. The molecule has 2 rings (SSSR count). The van der Waals surface area contributed by atoms with E-state index in [2.05, 4.69) is 11.4 Å². The van der Waals surface area contributed by atoms with Crippen LogP contribution in [0.4, 0.5) is 10.1 Å². The lowest BCUT2D eigenvalue weighted by Gasteiger charge is -2.32. The number of carbonyl (C=O) groups is 1. The van der Waals surface area contributed by atoms with Crippen molar-refractivity contribution in [2.45, 2.75) is 50.7 Å². The molecule has 0 unspecified atom stereocenters. The third kappa shape index (κ3) is 3.98. The fourth-order valence-corrected chi connectivity index (χ4v) is 2.73. The van der Waals surface area contributed by atoms with E-state index in [4.69, 9.17) is 4.74 Å². The highest BCUT2D eigenvalue weighted by Crippen LogP contribution is 2.30. The van der Waals surface area contributed by atoms with Crippen LogP contribution in [-0.2, 0) is 4.79 Å². The SMILES string of the molecule is C[C@@H](Oc1cc(F)ccc1[N+](=O)[O-])C(=O)NC1(C#N)CCCCC1. The molecule has 0 bridgehead atoms. The number of nitrogens with one attached hydrogen (secondary N) is 1. The number of nitrogens with zero attached hydrogens (tertiary/aromatic N) is 2. The number of hydrogen-bond donors (Lipinski definition) is 1. The molecule has 1 amide bonds. The molecule has 0 aromatic heterocycles. The number of benzene rings is 1. The maximum absolute atomic E-state index is 13.3. The number of halogens is 1. The predicted molar refractivity (Wildman–Crippen MR) is 82.7 cm³/mol. The van der Waals surface area contributed by atoms with Crippen molar-refractivity contribution in [1.29, 1.82) is 5.26 Å². The lowest BCUT2D eigenvalue weighted by atomic mass is 9.83. The Labute approximate surface area is 138 Å². The largest absolute Gasteiger partial charge is 0.474 e. The zero-order valence-electron chi connectivity index (χ0n) is 13.3. The molecule has 1 atom stereocenters. The highest BCUT2D eigenvalue weighted by atomic mass is 19.1. The number of ether oxygens (including phenoxy) is 1. The summed E-state index contributed by atoms with van der Waals surface area (Å²) in [6, 6.07) is 4.94. The van der Waals surface area contributed by atoms with Crippen molar-refractivity contribution in [2.24, 2.45) is 0 Å². The molecule has 1 saturated carbocycles. The highest BCUT2D eigenvalue weighted by Gasteiger charge is 2.35. The number of nitriles is 1. The number of rotatable bonds is 5. The van der Waals surface area contributed by atoms with Crippen molar-refractivity contribution in [2.75, 3.05) is 0 Å². The van der Waals surface area contributed by atoms with Gasteiger partial charge in [-0.1, -0.05) is 19.3 Å². The monoisotopic (exact) mass is 335 g/mol. The first kappa shape index (κ1) is 17.7. The standard InChI is InChI=1S/C16H18FN3O4/c1-11(15(21)19-16(10-18)7-3-2-4-8-16)24-14-9-12(17)5-6-13(14)20(22)23/h5-6,9,11H,2-4,7-8H2,1H3,(H,19,21)/t11-/m1/s1. The minimum absolute atomic E-state index is 0.322. The molecule has 0 radical (unpaired) electrons. The van der Waals surface area contributed by atoms with Crippen molar-refractivity contribution < 1.29 is 18.8 Å². The topological polar surface area (TPSA) is 105 Å². The highest BCUT2D eigenvalue weighted by molar-refractivity contribution is 5.82. The van der Waals surface area contributed by atoms with E-state index in [1.165, 1.54) is 6.92 Å². The fraction of sp³-hybridized carbons (Fsp3) is 0.500. The summed E-state index contributed by atoms with van der Waals surface area (Å²) in [6.07, 6.45) is 2.72. The Kier molecular flexibility index (Phi) is 5.34. The minimum Gasteiger partial charge on any atom is -0.474 e. The first-order valence-electron chi connectivity index (χ1n) is 7.71. The van der Waals surface area contributed by atoms with Gasteiger partial charge in [0, 0.05) is 12.1 Å². The molecule has 7 nitrogen and oxygen atoms in total. The fourth-order valence-electron chi connectivity index (χ4n) is 2.73. The van der Waals surface area contributed by atoms with Crippen LogP contribution in [0.25, 0.3) is 0 Å². The summed E-state index contributed by atoms with van der Waals surface area (Å²) in [6.45, 7) is 1.40. The summed E-state index contributed by atoms with van der Waals surface area (Å²) < 4.78 is 18.6. The molecule has 0 heterocycles. The van der Waals surface area contributed by atoms with Gasteiger partial charge < -0.3 is 10.1 Å². The van der Waals surface area contributed by atoms with Gasteiger partial charge in [0.1, 0.15) is 11.4 Å². The summed E-state index contributed by atoms with van der Waals surface area (Å²) in [5.41, 5.74) is -1.36. The second-order valence-electron chi connectivity index (χ2n) is 5.87. The Balaban J connectivity index is 2.11. The van der Waals surface area contributed by atoms with Crippen LogP contribution in [0.2, 0.25) is 0 Å². The quantitative estimate of drug-likeness (QED) is 0.658. The summed E-state index contributed by atoms with van der Waals surface area (Å²) in [5, 5.41) is 23.0. The van der Waals surface area contributed by atoms with Gasteiger partial charge in [-0.25, -0.2) is 4.39 Å². The van der Waals surface area contributed by atoms with Crippen LogP contribution in [-0.4, -0.2) is 22.5 Å². The minimum atomic E-state index is -1.10. The van der Waals surface area contributed by atoms with E-state index in [-0.39, 0.29) is 5.75 Å². The number of amides is 1. The van der Waals surface area contributed by atoms with Crippen molar-refractivity contribution >= 4 is 11.6 Å². The van der Waals surface area contributed by atoms with Crippen LogP contribution in [0.3, 0.4) is 0 Å². The Bertz CT molecular complexity index is 680. The summed E-state index contributed by atoms with van der Waals surface area (Å²) in [7, 11) is 0. The van der Waals surface area contributed by atoms with Gasteiger partial charge in [0.25, 0.3) is 5.91 Å². The van der Waals surface area contributed by atoms with Crippen molar-refractivity contribution in [1.82, 2.24) is 5.32 Å². The molecule has 1 N–H and O–H groups in total. The van der Waals surface area contributed by atoms with E-state index < -0.39 is 34.0 Å². The maximum Gasteiger partial charge on any atom is 0.311 e. The maximum atomic E-state index is 13.3. The van der Waals surface area contributed by atoms with Crippen molar-refractivity contribution in [3.63, 3.8) is 0 Å². The zero-order chi connectivity index (χ0) is 17.7. The van der Waals surface area contributed by atoms with Gasteiger partial charge in [0.15, 0.2) is 6.10 Å². The van der Waals surface area contributed by atoms with E-state index in [1.54, 1.807) is 0 Å². The Morgan fingerprint density at radius 1 is 1.46 bits per heavy atom. The predicted octanol–water partition coefficient (Wildman–Crippen LogP) is 2.84. The van der Waals surface area contributed by atoms with E-state index >= 15 is 0 Å². The summed E-state index contributed by atoms with van der Waals surface area (Å²) >= 11 is 0. The summed E-state index contributed by atoms with van der Waals surface area (Å²) in [4.78, 5) is 22.5. The second-order valence-corrected chi connectivity index (χ2v) is 5.87. The third-order valence-electron chi connectivity index (χ3n) is 4.08. The Morgan fingerprint density at radius 3 is 2.71 bits per heavy atom. The van der Waals surface area contributed by atoms with E-state index in [1.807, 2.05) is 0 Å². The molecule has 1 aliphatic carbocycles. The van der Waals surface area contributed by atoms with Crippen LogP contribution in [0, 0.1) is 27.3 Å². The zero-order valence-corrected chi connectivity index (χ0v) is 13.3. The van der Waals surface area contributed by atoms with E-state index in [9.17, 15) is 24.6 Å². The first-order chi connectivity index (χ1) is 11.4. The van der Waals surface area contributed by atoms with Crippen LogP contribution >= 0.6 is 0 Å². The van der Waals surface area contributed by atoms with E-state index in [0.29, 0.717) is 12.8 Å². The number of nitro groups is 1. The molecule has 24 heavy (non-hydrogen) atoms. The van der Waals surface area contributed by atoms with Gasteiger partial charge in [0.2, 0.25) is 5.75 Å². The van der Waals surface area contributed by atoms with Crippen molar-refractivity contribution in [3.05, 3.63) is 34.1 Å². The normalized spacial score (nSPS) is 17.4. The van der Waals surface area contributed by atoms with Gasteiger partial charge in [-0.15, -0.1) is 0 Å². The smallest absolute Gasteiger partial charge is 0.311 e. The Hall–Kier alpha value is -2.69. The van der Waals surface area contributed by atoms with Gasteiger partial charge in [-0.05, 0) is 25.8 Å². The van der Waals surface area contributed by atoms with Gasteiger partial charge in [0.05, 0.1) is 11.0 Å². The third-order valence-corrected chi connectivity index (χ3v) is 4.08. The van der Waals surface area contributed by atoms with Gasteiger partial charge in [-0.3, -0.25) is 14.9 Å². The lowest BCUT2D eigenvalue weighted by Crippen LogP contribution is -2.52. The number of nitro benzene ring substituents is 1. The number of carbonyl (C=O) groups excluding carboxylic acids is 1. The molecule has 0 aliphatic heterocycles. The molecule has 0 saturated heterocycles. The molecule has 0 spiro atoms. The van der Waals surface area contributed by atoms with E-state index in [0.717, 1.165) is 37.5 Å². The van der Waals surface area contributed by atoms with Crippen molar-refractivity contribution in [3.8, 4) is 11.8 Å².